The van der Waals surface area contributed by atoms with Gasteiger partial charge < -0.3 is 5.32 Å². The van der Waals surface area contributed by atoms with Crippen LogP contribution in [0.2, 0.25) is 0 Å². The second-order valence-electron chi connectivity index (χ2n) is 7.40. The second-order valence-corrected chi connectivity index (χ2v) is 7.40. The Morgan fingerprint density at radius 3 is 2.62 bits per heavy atom. The van der Waals surface area contributed by atoms with E-state index in [1.165, 1.54) is 31.2 Å². The highest BCUT2D eigenvalue weighted by atomic mass is 16.1. The summed E-state index contributed by atoms with van der Waals surface area (Å²) in [5.41, 5.74) is 2.21. The number of hydrogen-bond acceptors (Lipinski definition) is 2. The van der Waals surface area contributed by atoms with E-state index >= 15 is 0 Å². The smallest absolute Gasteiger partial charge is 0.163 e. The Balaban J connectivity index is 1.62. The molecule has 1 aromatic carbocycles. The highest BCUT2D eigenvalue weighted by Gasteiger charge is 2.34. The van der Waals surface area contributed by atoms with E-state index in [1.807, 2.05) is 12.1 Å². The van der Waals surface area contributed by atoms with E-state index in [1.54, 1.807) is 0 Å². The van der Waals surface area contributed by atoms with Crippen LogP contribution in [0.3, 0.4) is 0 Å². The van der Waals surface area contributed by atoms with Crippen molar-refractivity contribution in [3.05, 3.63) is 35.4 Å². The number of ketones is 1. The molecule has 2 fully saturated rings. The van der Waals surface area contributed by atoms with Gasteiger partial charge in [0.1, 0.15) is 0 Å². The van der Waals surface area contributed by atoms with Crippen molar-refractivity contribution < 1.29 is 4.79 Å². The van der Waals surface area contributed by atoms with Gasteiger partial charge >= 0.3 is 0 Å². The first-order chi connectivity index (χ1) is 10.1. The molecule has 1 aromatic rings. The summed E-state index contributed by atoms with van der Waals surface area (Å²) in [6, 6.07) is 9.63. The lowest BCUT2D eigenvalue weighted by Crippen LogP contribution is -2.38. The molecule has 0 radical (unpaired) electrons. The van der Waals surface area contributed by atoms with Gasteiger partial charge in [0.2, 0.25) is 0 Å². The molecule has 0 amide bonds. The topological polar surface area (TPSA) is 29.1 Å². The molecular formula is C19H27NO. The first kappa shape index (κ1) is 14.8. The second kappa shape index (κ2) is 6.31. The lowest BCUT2D eigenvalue weighted by Gasteiger charge is -2.28. The van der Waals surface area contributed by atoms with Gasteiger partial charge in [0.15, 0.2) is 5.78 Å². The minimum absolute atomic E-state index is 0.340. The third kappa shape index (κ3) is 3.74. The van der Waals surface area contributed by atoms with Gasteiger partial charge in [0.05, 0.1) is 0 Å². The first-order valence-corrected chi connectivity index (χ1v) is 8.48. The predicted molar refractivity (Wildman–Crippen MR) is 86.6 cm³/mol. The van der Waals surface area contributed by atoms with E-state index in [-0.39, 0.29) is 0 Å². The van der Waals surface area contributed by atoms with Crippen molar-refractivity contribution in [2.24, 2.45) is 11.8 Å². The Morgan fingerprint density at radius 1 is 1.24 bits per heavy atom. The van der Waals surface area contributed by atoms with Crippen molar-refractivity contribution in [1.29, 1.82) is 0 Å². The van der Waals surface area contributed by atoms with Gasteiger partial charge in [-0.05, 0) is 55.6 Å². The number of fused-ring (bicyclic) bond motifs is 2. The fraction of sp³-hybridized carbons (Fsp3) is 0.632. The fourth-order valence-corrected chi connectivity index (χ4v) is 4.06. The summed E-state index contributed by atoms with van der Waals surface area (Å²) >= 11 is 0. The van der Waals surface area contributed by atoms with Crippen LogP contribution in [0, 0.1) is 11.8 Å². The van der Waals surface area contributed by atoms with Crippen LogP contribution in [0.5, 0.6) is 0 Å². The van der Waals surface area contributed by atoms with Crippen molar-refractivity contribution in [2.75, 3.05) is 0 Å². The molecule has 1 N–H and O–H groups in total. The number of Topliss-reactive ketones (excluding diaryl/α,β-unsaturated/α-hetero) is 1. The van der Waals surface area contributed by atoms with Crippen LogP contribution >= 0.6 is 0 Å². The molecule has 2 heterocycles. The largest absolute Gasteiger partial charge is 0.311 e. The molecule has 0 saturated carbocycles. The molecule has 2 aliphatic rings. The van der Waals surface area contributed by atoms with Crippen LogP contribution in [0.4, 0.5) is 0 Å². The average Bonchev–Trinajstić information content (AvgIpc) is 2.77. The average molecular weight is 285 g/mol. The predicted octanol–water partition coefficient (Wildman–Crippen LogP) is 3.99. The van der Waals surface area contributed by atoms with Crippen LogP contribution in [0.15, 0.2) is 24.3 Å². The number of hydrogen-bond donors (Lipinski definition) is 1. The molecular weight excluding hydrogens is 258 g/mol. The maximum atomic E-state index is 12.6. The van der Waals surface area contributed by atoms with Gasteiger partial charge in [-0.2, -0.15) is 0 Å². The van der Waals surface area contributed by atoms with Crippen molar-refractivity contribution in [2.45, 2.75) is 64.5 Å². The summed E-state index contributed by atoms with van der Waals surface area (Å²) in [6.07, 6.45) is 6.78. The molecule has 2 heteroatoms. The molecule has 21 heavy (non-hydrogen) atoms. The molecule has 2 saturated heterocycles. The van der Waals surface area contributed by atoms with Crippen molar-refractivity contribution in [3.63, 3.8) is 0 Å². The molecule has 3 rings (SSSR count). The lowest BCUT2D eigenvalue weighted by molar-refractivity contribution is 0.0945. The monoisotopic (exact) mass is 285 g/mol. The molecule has 2 bridgehead atoms. The highest BCUT2D eigenvalue weighted by molar-refractivity contribution is 5.96. The standard InChI is InChI=1S/C19H27NO/c1-13(2)8-14-4-3-5-16(9-14)19(21)12-15-10-17-6-7-18(11-15)20-17/h3-5,9,13,15,17-18,20H,6-8,10-12H2,1-2H3. The maximum absolute atomic E-state index is 12.6. The van der Waals surface area contributed by atoms with Gasteiger partial charge in [-0.3, -0.25) is 4.79 Å². The number of piperidine rings is 1. The van der Waals surface area contributed by atoms with Crippen LogP contribution in [-0.4, -0.2) is 17.9 Å². The van der Waals surface area contributed by atoms with Crippen LogP contribution < -0.4 is 5.32 Å². The molecule has 0 aromatic heterocycles. The summed E-state index contributed by atoms with van der Waals surface area (Å²) in [5.74, 6) is 1.56. The molecule has 2 aliphatic heterocycles. The molecule has 114 valence electrons. The minimum Gasteiger partial charge on any atom is -0.311 e. The summed E-state index contributed by atoms with van der Waals surface area (Å²) in [4.78, 5) is 12.6. The highest BCUT2D eigenvalue weighted by Crippen LogP contribution is 2.33. The van der Waals surface area contributed by atoms with E-state index in [2.05, 4.69) is 31.3 Å². The summed E-state index contributed by atoms with van der Waals surface area (Å²) in [5, 5.41) is 3.65. The maximum Gasteiger partial charge on any atom is 0.163 e. The third-order valence-corrected chi connectivity index (χ3v) is 4.94. The Morgan fingerprint density at radius 2 is 1.95 bits per heavy atom. The lowest BCUT2D eigenvalue weighted by atomic mass is 9.86. The quantitative estimate of drug-likeness (QED) is 0.829. The summed E-state index contributed by atoms with van der Waals surface area (Å²) in [6.45, 7) is 4.44. The molecule has 2 unspecified atom stereocenters. The number of carbonyl (C=O) groups is 1. The number of benzene rings is 1. The van der Waals surface area contributed by atoms with Crippen molar-refractivity contribution >= 4 is 5.78 Å². The number of rotatable bonds is 5. The van der Waals surface area contributed by atoms with Crippen LogP contribution in [-0.2, 0) is 6.42 Å². The third-order valence-electron chi connectivity index (χ3n) is 4.94. The van der Waals surface area contributed by atoms with E-state index in [0.29, 0.717) is 29.7 Å². The number of nitrogens with one attached hydrogen (secondary N) is 1. The summed E-state index contributed by atoms with van der Waals surface area (Å²) in [7, 11) is 0. The zero-order chi connectivity index (χ0) is 14.8. The van der Waals surface area contributed by atoms with E-state index < -0.39 is 0 Å². The fourth-order valence-electron chi connectivity index (χ4n) is 4.06. The zero-order valence-corrected chi connectivity index (χ0v) is 13.3. The van der Waals surface area contributed by atoms with Gasteiger partial charge in [-0.15, -0.1) is 0 Å². The number of carbonyl (C=O) groups excluding carboxylic acids is 1. The van der Waals surface area contributed by atoms with E-state index in [9.17, 15) is 4.79 Å². The van der Waals surface area contributed by atoms with Crippen LogP contribution in [0.25, 0.3) is 0 Å². The summed E-state index contributed by atoms with van der Waals surface area (Å²) < 4.78 is 0. The van der Waals surface area contributed by atoms with E-state index in [4.69, 9.17) is 0 Å². The molecule has 2 atom stereocenters. The molecule has 0 aliphatic carbocycles. The molecule has 2 nitrogen and oxygen atoms in total. The van der Waals surface area contributed by atoms with Gasteiger partial charge in [0.25, 0.3) is 0 Å². The first-order valence-electron chi connectivity index (χ1n) is 8.48. The Labute approximate surface area is 128 Å². The molecule has 0 spiro atoms. The normalized spacial score (nSPS) is 28.0. The SMILES string of the molecule is CC(C)Cc1cccc(C(=O)CC2CC3CCC(C2)N3)c1. The van der Waals surface area contributed by atoms with Gasteiger partial charge in [-0.25, -0.2) is 0 Å². The zero-order valence-electron chi connectivity index (χ0n) is 13.3. The van der Waals surface area contributed by atoms with Crippen molar-refractivity contribution in [3.8, 4) is 0 Å². The van der Waals surface area contributed by atoms with Gasteiger partial charge in [-0.1, -0.05) is 32.0 Å². The van der Waals surface area contributed by atoms with E-state index in [0.717, 1.165) is 18.4 Å². The van der Waals surface area contributed by atoms with Crippen LogP contribution in [0.1, 0.15) is 61.9 Å². The van der Waals surface area contributed by atoms with Gasteiger partial charge in [0, 0.05) is 24.1 Å². The Hall–Kier alpha value is -1.15. The van der Waals surface area contributed by atoms with Crippen molar-refractivity contribution in [1.82, 2.24) is 5.32 Å². The Kier molecular flexibility index (Phi) is 4.44. The Bertz CT molecular complexity index is 496. The minimum atomic E-state index is 0.340.